The van der Waals surface area contributed by atoms with E-state index >= 15 is 0 Å². The van der Waals surface area contributed by atoms with Crippen LogP contribution in [0, 0.1) is 11.8 Å². The third-order valence-electron chi connectivity index (χ3n) is 16.2. The summed E-state index contributed by atoms with van der Waals surface area (Å²) in [6.07, 6.45) is 47.1. The van der Waals surface area contributed by atoms with Crippen LogP contribution in [0.15, 0.2) is 0 Å². The Morgan fingerprint density at radius 3 is 0.764 bits per heavy atom. The fourth-order valence-electron chi connectivity index (χ4n) is 10.6. The van der Waals surface area contributed by atoms with Gasteiger partial charge < -0.3 is 33.8 Å². The van der Waals surface area contributed by atoms with E-state index in [2.05, 4.69) is 41.5 Å². The molecule has 89 heavy (non-hydrogen) atoms. The number of phosphoric acid groups is 2. The smallest absolute Gasteiger partial charge is 0.462 e. The predicted molar refractivity (Wildman–Crippen MR) is 358 cm³/mol. The van der Waals surface area contributed by atoms with Gasteiger partial charge in [-0.1, -0.05) is 305 Å². The van der Waals surface area contributed by atoms with Crippen molar-refractivity contribution in [2.75, 3.05) is 39.6 Å². The average Bonchev–Trinajstić information content (AvgIpc) is 3.67. The molecule has 0 saturated heterocycles. The zero-order valence-electron chi connectivity index (χ0n) is 57.7. The molecule has 3 N–H and O–H groups in total. The van der Waals surface area contributed by atoms with Crippen molar-refractivity contribution in [3.8, 4) is 0 Å². The summed E-state index contributed by atoms with van der Waals surface area (Å²) in [6, 6.07) is 0. The van der Waals surface area contributed by atoms with E-state index in [0.29, 0.717) is 25.7 Å². The van der Waals surface area contributed by atoms with Crippen LogP contribution < -0.4 is 0 Å². The van der Waals surface area contributed by atoms with Crippen LogP contribution in [0.25, 0.3) is 0 Å². The van der Waals surface area contributed by atoms with Crippen LogP contribution in [-0.4, -0.2) is 96.7 Å². The predicted octanol–water partition coefficient (Wildman–Crippen LogP) is 20.0. The number of rotatable bonds is 69. The summed E-state index contributed by atoms with van der Waals surface area (Å²) in [6.45, 7) is 9.52. The van der Waals surface area contributed by atoms with E-state index in [0.717, 1.165) is 102 Å². The summed E-state index contributed by atoms with van der Waals surface area (Å²) in [5.41, 5.74) is 0. The Hall–Kier alpha value is -1.94. The van der Waals surface area contributed by atoms with Crippen LogP contribution >= 0.6 is 15.6 Å². The number of ether oxygens (including phenoxy) is 4. The van der Waals surface area contributed by atoms with Crippen LogP contribution in [0.2, 0.25) is 0 Å². The van der Waals surface area contributed by atoms with E-state index < -0.39 is 97.5 Å². The molecular formula is C70H136O17P2. The van der Waals surface area contributed by atoms with Crippen LogP contribution in [0.5, 0.6) is 0 Å². The average molecular weight is 1310 g/mol. The zero-order chi connectivity index (χ0) is 65.7. The molecule has 0 aromatic carbocycles. The number of carbonyl (C=O) groups is 4. The van der Waals surface area contributed by atoms with E-state index in [9.17, 15) is 43.2 Å². The van der Waals surface area contributed by atoms with Gasteiger partial charge in [0.15, 0.2) is 12.2 Å². The highest BCUT2D eigenvalue weighted by atomic mass is 31.2. The SMILES string of the molecule is CCCCCCCCCCCCCCCC(=O)OC[C@H](COP(=O)(O)OC[C@@H](O)COP(=O)(O)OC[C@@H](COC(=O)CCCCCCCCCCC)OC(=O)CCCCCCCCCCCC(C)C)OC(=O)CCCCCCCCCCCCCCC(C)C. The molecule has 0 aromatic rings. The molecule has 19 heteroatoms. The number of hydrogen-bond donors (Lipinski definition) is 3. The highest BCUT2D eigenvalue weighted by Gasteiger charge is 2.30. The lowest BCUT2D eigenvalue weighted by atomic mass is 10.0. The number of phosphoric ester groups is 2. The molecular weight excluding hydrogens is 1170 g/mol. The highest BCUT2D eigenvalue weighted by Crippen LogP contribution is 2.45. The largest absolute Gasteiger partial charge is 0.472 e. The van der Waals surface area contributed by atoms with Crippen molar-refractivity contribution in [1.82, 2.24) is 0 Å². The number of unbranched alkanes of at least 4 members (excludes halogenated alkanes) is 39. The lowest BCUT2D eigenvalue weighted by Crippen LogP contribution is -2.30. The van der Waals surface area contributed by atoms with Gasteiger partial charge in [-0.15, -0.1) is 0 Å². The fraction of sp³-hybridized carbons (Fsp3) is 0.943. The number of hydrogen-bond acceptors (Lipinski definition) is 15. The Balaban J connectivity index is 5.24. The Labute approximate surface area is 543 Å². The topological polar surface area (TPSA) is 237 Å². The first kappa shape index (κ1) is 87.1. The van der Waals surface area contributed by atoms with Crippen molar-refractivity contribution in [2.45, 2.75) is 374 Å². The number of aliphatic hydroxyl groups excluding tert-OH is 1. The minimum atomic E-state index is -4.95. The third kappa shape index (κ3) is 64.6. The summed E-state index contributed by atoms with van der Waals surface area (Å²) in [4.78, 5) is 72.5. The summed E-state index contributed by atoms with van der Waals surface area (Å²) >= 11 is 0. The zero-order valence-corrected chi connectivity index (χ0v) is 59.5. The normalized spacial score (nSPS) is 14.1. The second kappa shape index (κ2) is 62.2. The number of carbonyl (C=O) groups excluding carboxylic acids is 4. The molecule has 0 fully saturated rings. The van der Waals surface area contributed by atoms with Crippen molar-refractivity contribution in [2.24, 2.45) is 11.8 Å². The second-order valence-corrected chi connectivity index (χ2v) is 29.1. The summed E-state index contributed by atoms with van der Waals surface area (Å²) < 4.78 is 68.3. The maximum Gasteiger partial charge on any atom is 0.472 e. The molecule has 0 spiro atoms. The third-order valence-corrected chi connectivity index (χ3v) is 18.1. The monoisotopic (exact) mass is 1310 g/mol. The van der Waals surface area contributed by atoms with Crippen molar-refractivity contribution in [3.63, 3.8) is 0 Å². The van der Waals surface area contributed by atoms with E-state index in [4.69, 9.17) is 37.0 Å². The van der Waals surface area contributed by atoms with Crippen LogP contribution in [0.4, 0.5) is 0 Å². The van der Waals surface area contributed by atoms with Gasteiger partial charge in [0.05, 0.1) is 26.4 Å². The standard InChI is InChI=1S/C70H136O17P2/c1-7-9-11-13-15-17-18-19-23-29-35-41-47-53-68(73)81-59-66(86-69(74)54-48-42-36-30-24-21-20-22-27-32-38-44-50-62(3)4)61-85-89(78,79)83-57-64(71)56-82-88(76,77)84-60-65(58-80-67(72)52-46-40-34-26-16-14-12-10-8-2)87-70(75)55-49-43-37-31-25-28-33-39-45-51-63(5)6/h62-66,71H,7-61H2,1-6H3,(H,76,77)(H,78,79)/t64-,65+,66+/m0/s1. The van der Waals surface area contributed by atoms with Gasteiger partial charge in [-0.3, -0.25) is 37.3 Å². The molecule has 0 saturated carbocycles. The molecule has 5 atom stereocenters. The Morgan fingerprint density at radius 2 is 0.517 bits per heavy atom. The van der Waals surface area contributed by atoms with Crippen LogP contribution in [0.3, 0.4) is 0 Å². The molecule has 0 aliphatic carbocycles. The van der Waals surface area contributed by atoms with E-state index in [-0.39, 0.29) is 25.7 Å². The van der Waals surface area contributed by atoms with E-state index in [1.807, 2.05) is 0 Å². The van der Waals surface area contributed by atoms with Crippen molar-refractivity contribution < 1.29 is 80.2 Å². The van der Waals surface area contributed by atoms with Gasteiger partial charge in [0.2, 0.25) is 0 Å². The van der Waals surface area contributed by atoms with Gasteiger partial charge in [0.25, 0.3) is 0 Å². The van der Waals surface area contributed by atoms with Gasteiger partial charge >= 0.3 is 39.5 Å². The summed E-state index contributed by atoms with van der Waals surface area (Å²) in [5.74, 6) is -0.611. The molecule has 0 aromatic heterocycles. The minimum Gasteiger partial charge on any atom is -0.462 e. The second-order valence-electron chi connectivity index (χ2n) is 26.2. The lowest BCUT2D eigenvalue weighted by molar-refractivity contribution is -0.161. The van der Waals surface area contributed by atoms with Crippen molar-refractivity contribution in [3.05, 3.63) is 0 Å². The van der Waals surface area contributed by atoms with Gasteiger partial charge in [-0.05, 0) is 37.5 Å². The van der Waals surface area contributed by atoms with Gasteiger partial charge in [-0.25, -0.2) is 9.13 Å². The maximum absolute atomic E-state index is 13.0. The molecule has 17 nitrogen and oxygen atoms in total. The minimum absolute atomic E-state index is 0.105. The Kier molecular flexibility index (Phi) is 60.8. The Bertz CT molecular complexity index is 1730. The lowest BCUT2D eigenvalue weighted by Gasteiger charge is -2.21. The first-order chi connectivity index (χ1) is 42.9. The Morgan fingerprint density at radius 1 is 0.303 bits per heavy atom. The molecule has 0 radical (unpaired) electrons. The maximum atomic E-state index is 13.0. The van der Waals surface area contributed by atoms with Gasteiger partial charge in [0, 0.05) is 25.7 Å². The molecule has 0 aliphatic rings. The van der Waals surface area contributed by atoms with Crippen molar-refractivity contribution >= 4 is 39.5 Å². The quantitative estimate of drug-likeness (QED) is 0.0222. The molecule has 0 rings (SSSR count). The van der Waals surface area contributed by atoms with Crippen LogP contribution in [-0.2, 0) is 65.4 Å². The first-order valence-corrected chi connectivity index (χ1v) is 39.5. The van der Waals surface area contributed by atoms with E-state index in [1.54, 1.807) is 0 Å². The van der Waals surface area contributed by atoms with Crippen LogP contribution in [0.1, 0.15) is 356 Å². The molecule has 0 bridgehead atoms. The van der Waals surface area contributed by atoms with Gasteiger partial charge in [-0.2, -0.15) is 0 Å². The molecule has 0 amide bonds. The molecule has 2 unspecified atom stereocenters. The summed E-state index contributed by atoms with van der Waals surface area (Å²) in [7, 11) is -9.90. The first-order valence-electron chi connectivity index (χ1n) is 36.5. The fourth-order valence-corrected chi connectivity index (χ4v) is 12.2. The number of esters is 4. The molecule has 0 heterocycles. The molecule has 528 valence electrons. The van der Waals surface area contributed by atoms with Gasteiger partial charge in [0.1, 0.15) is 19.3 Å². The number of aliphatic hydroxyl groups is 1. The van der Waals surface area contributed by atoms with E-state index in [1.165, 1.54) is 173 Å². The molecule has 0 aliphatic heterocycles. The van der Waals surface area contributed by atoms with Crippen molar-refractivity contribution in [1.29, 1.82) is 0 Å². The summed E-state index contributed by atoms with van der Waals surface area (Å²) in [5, 5.41) is 10.6. The highest BCUT2D eigenvalue weighted by molar-refractivity contribution is 7.47.